The Morgan fingerprint density at radius 1 is 1.38 bits per heavy atom. The van der Waals surface area contributed by atoms with Crippen LogP contribution in [0.1, 0.15) is 43.1 Å². The van der Waals surface area contributed by atoms with Gasteiger partial charge in [0.05, 0.1) is 12.7 Å². The summed E-state index contributed by atoms with van der Waals surface area (Å²) in [5.41, 5.74) is 1.77. The van der Waals surface area contributed by atoms with Crippen LogP contribution in [0.5, 0.6) is 5.75 Å². The number of amides is 1. The smallest absolute Gasteiger partial charge is 0.253 e. The summed E-state index contributed by atoms with van der Waals surface area (Å²) in [7, 11) is 1.64. The molecule has 0 spiro atoms. The number of nitrogens with zero attached hydrogens (tertiary/aromatic N) is 1. The van der Waals surface area contributed by atoms with E-state index in [-0.39, 0.29) is 11.9 Å². The third-order valence-corrected chi connectivity index (χ3v) is 4.73. The highest BCUT2D eigenvalue weighted by Gasteiger charge is 2.19. The van der Waals surface area contributed by atoms with Crippen molar-refractivity contribution >= 4 is 16.8 Å². The number of ether oxygens (including phenoxy) is 2. The summed E-state index contributed by atoms with van der Waals surface area (Å²) in [6.07, 6.45) is 3.98. The fourth-order valence-corrected chi connectivity index (χ4v) is 3.25. The summed E-state index contributed by atoms with van der Waals surface area (Å²) in [6.45, 7) is 6.54. The summed E-state index contributed by atoms with van der Waals surface area (Å²) in [5.74, 6) is 1.26. The summed E-state index contributed by atoms with van der Waals surface area (Å²) in [4.78, 5) is 12.7. The van der Waals surface area contributed by atoms with Crippen molar-refractivity contribution < 1.29 is 14.3 Å². The van der Waals surface area contributed by atoms with E-state index in [0.29, 0.717) is 18.0 Å². The maximum Gasteiger partial charge on any atom is 0.253 e. The number of nitrogens with one attached hydrogen (secondary N) is 1. The lowest BCUT2D eigenvalue weighted by atomic mass is 10.0. The van der Waals surface area contributed by atoms with Crippen LogP contribution in [0.2, 0.25) is 0 Å². The lowest BCUT2D eigenvalue weighted by molar-refractivity contribution is 0.0643. The van der Waals surface area contributed by atoms with Crippen LogP contribution in [0.15, 0.2) is 24.4 Å². The van der Waals surface area contributed by atoms with Crippen molar-refractivity contribution in [1.29, 1.82) is 0 Å². The van der Waals surface area contributed by atoms with Crippen LogP contribution in [-0.4, -0.2) is 37.3 Å². The van der Waals surface area contributed by atoms with E-state index >= 15 is 0 Å². The minimum Gasteiger partial charge on any atom is -0.497 e. The van der Waals surface area contributed by atoms with Gasteiger partial charge in [0.25, 0.3) is 5.91 Å². The van der Waals surface area contributed by atoms with E-state index < -0.39 is 0 Å². The number of hydrogen-bond acceptors (Lipinski definition) is 3. The Labute approximate surface area is 142 Å². The average molecular weight is 330 g/mol. The fraction of sp³-hybridized carbons (Fsp3) is 0.526. The van der Waals surface area contributed by atoms with E-state index in [0.717, 1.165) is 42.7 Å². The zero-order valence-electron chi connectivity index (χ0n) is 14.7. The lowest BCUT2D eigenvalue weighted by Gasteiger charge is -2.22. The molecular weight excluding hydrogens is 304 g/mol. The second-order valence-electron chi connectivity index (χ2n) is 6.69. The number of carbonyl (C=O) groups is 1. The molecule has 1 amide bonds. The number of fused-ring (bicyclic) bond motifs is 1. The highest BCUT2D eigenvalue weighted by atomic mass is 16.5. The topological polar surface area (TPSA) is 52.5 Å². The molecule has 2 heterocycles. The van der Waals surface area contributed by atoms with Gasteiger partial charge >= 0.3 is 0 Å². The van der Waals surface area contributed by atoms with Gasteiger partial charge in [0.2, 0.25) is 0 Å². The van der Waals surface area contributed by atoms with Gasteiger partial charge in [0, 0.05) is 42.9 Å². The van der Waals surface area contributed by atoms with Gasteiger partial charge in [-0.2, -0.15) is 0 Å². The second kappa shape index (κ2) is 7.26. The van der Waals surface area contributed by atoms with E-state index in [9.17, 15) is 4.79 Å². The first-order valence-corrected chi connectivity index (χ1v) is 8.64. The number of methoxy groups -OCH3 is 1. The quantitative estimate of drug-likeness (QED) is 0.914. The third-order valence-electron chi connectivity index (χ3n) is 4.73. The van der Waals surface area contributed by atoms with Gasteiger partial charge in [0.1, 0.15) is 5.75 Å². The molecule has 1 fully saturated rings. The Bertz CT molecular complexity index is 715. The summed E-state index contributed by atoms with van der Waals surface area (Å²) in [6, 6.07) is 6.18. The minimum absolute atomic E-state index is 0.0147. The molecule has 1 saturated heterocycles. The van der Waals surface area contributed by atoms with E-state index in [2.05, 4.69) is 23.7 Å². The van der Waals surface area contributed by atoms with Crippen molar-refractivity contribution in [2.75, 3.05) is 26.9 Å². The summed E-state index contributed by atoms with van der Waals surface area (Å²) >= 11 is 0. The minimum atomic E-state index is -0.0147. The lowest BCUT2D eigenvalue weighted by Crippen LogP contribution is -2.32. The Kier molecular flexibility index (Phi) is 5.09. The molecule has 130 valence electrons. The van der Waals surface area contributed by atoms with Crippen molar-refractivity contribution in [1.82, 2.24) is 9.88 Å². The molecule has 0 bridgehead atoms. The van der Waals surface area contributed by atoms with Gasteiger partial charge in [-0.3, -0.25) is 4.79 Å². The molecule has 0 atom stereocenters. The molecule has 2 aromatic rings. The van der Waals surface area contributed by atoms with Crippen LogP contribution in [-0.2, 0) is 4.74 Å². The Morgan fingerprint density at radius 2 is 2.12 bits per heavy atom. The standard InChI is InChI=1S/C19H26N2O3/c1-13(2)21-12-17(16-10-15(23-3)4-5-18(16)21)19(22)20-11-14-6-8-24-9-7-14/h4-5,10,12-14H,6-9,11H2,1-3H3,(H,20,22). The van der Waals surface area contributed by atoms with E-state index in [1.165, 1.54) is 0 Å². The molecular formula is C19H26N2O3. The normalized spacial score (nSPS) is 15.8. The predicted octanol–water partition coefficient (Wildman–Crippen LogP) is 3.39. The molecule has 0 aliphatic carbocycles. The van der Waals surface area contributed by atoms with Crippen LogP contribution in [0.4, 0.5) is 0 Å². The molecule has 1 aliphatic heterocycles. The van der Waals surface area contributed by atoms with Gasteiger partial charge in [-0.1, -0.05) is 0 Å². The summed E-state index contributed by atoms with van der Waals surface area (Å²) < 4.78 is 12.8. The largest absolute Gasteiger partial charge is 0.497 e. The number of rotatable bonds is 5. The monoisotopic (exact) mass is 330 g/mol. The van der Waals surface area contributed by atoms with Crippen LogP contribution in [0.3, 0.4) is 0 Å². The maximum atomic E-state index is 12.7. The van der Waals surface area contributed by atoms with Crippen molar-refractivity contribution in [2.24, 2.45) is 5.92 Å². The molecule has 5 nitrogen and oxygen atoms in total. The Balaban J connectivity index is 1.85. The van der Waals surface area contributed by atoms with Gasteiger partial charge < -0.3 is 19.4 Å². The molecule has 0 saturated carbocycles. The van der Waals surface area contributed by atoms with E-state index in [4.69, 9.17) is 9.47 Å². The van der Waals surface area contributed by atoms with Crippen LogP contribution in [0.25, 0.3) is 10.9 Å². The third kappa shape index (κ3) is 3.41. The maximum absolute atomic E-state index is 12.7. The average Bonchev–Trinajstić information content (AvgIpc) is 2.99. The first kappa shape index (κ1) is 16.8. The van der Waals surface area contributed by atoms with Crippen molar-refractivity contribution in [3.8, 4) is 5.75 Å². The first-order valence-electron chi connectivity index (χ1n) is 8.64. The second-order valence-corrected chi connectivity index (χ2v) is 6.69. The molecule has 1 aliphatic rings. The van der Waals surface area contributed by atoms with Gasteiger partial charge in [-0.25, -0.2) is 0 Å². The van der Waals surface area contributed by atoms with Crippen molar-refractivity contribution in [3.05, 3.63) is 30.0 Å². The highest BCUT2D eigenvalue weighted by Crippen LogP contribution is 2.28. The number of benzene rings is 1. The SMILES string of the molecule is COc1ccc2c(c1)c(C(=O)NCC1CCOCC1)cn2C(C)C. The molecule has 1 aromatic carbocycles. The number of hydrogen-bond donors (Lipinski definition) is 1. The molecule has 24 heavy (non-hydrogen) atoms. The van der Waals surface area contributed by atoms with Crippen LogP contribution < -0.4 is 10.1 Å². The molecule has 3 rings (SSSR count). The molecule has 1 aromatic heterocycles. The van der Waals surface area contributed by atoms with Crippen LogP contribution >= 0.6 is 0 Å². The van der Waals surface area contributed by atoms with Gasteiger partial charge in [-0.15, -0.1) is 0 Å². The molecule has 0 radical (unpaired) electrons. The molecule has 0 unspecified atom stereocenters. The Morgan fingerprint density at radius 3 is 2.79 bits per heavy atom. The van der Waals surface area contributed by atoms with E-state index in [1.807, 2.05) is 24.4 Å². The van der Waals surface area contributed by atoms with Gasteiger partial charge in [-0.05, 0) is 50.8 Å². The Hall–Kier alpha value is -2.01. The fourth-order valence-electron chi connectivity index (χ4n) is 3.25. The van der Waals surface area contributed by atoms with E-state index in [1.54, 1.807) is 7.11 Å². The molecule has 5 heteroatoms. The highest BCUT2D eigenvalue weighted by molar-refractivity contribution is 6.07. The summed E-state index contributed by atoms with van der Waals surface area (Å²) in [5, 5.41) is 4.04. The predicted molar refractivity (Wildman–Crippen MR) is 94.8 cm³/mol. The zero-order chi connectivity index (χ0) is 17.1. The van der Waals surface area contributed by atoms with Crippen LogP contribution in [0, 0.1) is 5.92 Å². The zero-order valence-corrected chi connectivity index (χ0v) is 14.7. The first-order chi connectivity index (χ1) is 11.6. The van der Waals surface area contributed by atoms with Gasteiger partial charge in [0.15, 0.2) is 0 Å². The van der Waals surface area contributed by atoms with Crippen molar-refractivity contribution in [3.63, 3.8) is 0 Å². The number of carbonyl (C=O) groups excluding carboxylic acids is 1. The number of aromatic nitrogens is 1. The van der Waals surface area contributed by atoms with Crippen molar-refractivity contribution in [2.45, 2.75) is 32.7 Å². The molecule has 1 N–H and O–H groups in total.